The van der Waals surface area contributed by atoms with E-state index in [-0.39, 0.29) is 0 Å². The summed E-state index contributed by atoms with van der Waals surface area (Å²) < 4.78 is 4.92. The van der Waals surface area contributed by atoms with E-state index in [1.165, 1.54) is 4.90 Å². The number of amides is 1. The van der Waals surface area contributed by atoms with E-state index in [0.29, 0.717) is 18.7 Å². The molecule has 1 aromatic rings. The molecule has 1 fully saturated rings. The van der Waals surface area contributed by atoms with E-state index in [1.807, 2.05) is 6.07 Å². The first-order valence-electron chi connectivity index (χ1n) is 6.49. The molecule has 106 valence electrons. The van der Waals surface area contributed by atoms with Gasteiger partial charge in [0.05, 0.1) is 12.6 Å². The third-order valence-electron chi connectivity index (χ3n) is 3.31. The van der Waals surface area contributed by atoms with Gasteiger partial charge in [0.1, 0.15) is 12.5 Å². The molecule has 0 bridgehead atoms. The number of carbonyl (C=O) groups excluding carboxylic acids is 1. The lowest BCUT2D eigenvalue weighted by Gasteiger charge is -2.28. The number of aliphatic carboxylic acids is 1. The van der Waals surface area contributed by atoms with Crippen molar-refractivity contribution < 1.29 is 19.4 Å². The fourth-order valence-electron chi connectivity index (χ4n) is 2.41. The normalized spacial score (nSPS) is 18.1. The van der Waals surface area contributed by atoms with E-state index >= 15 is 0 Å². The Morgan fingerprint density at radius 1 is 1.40 bits per heavy atom. The van der Waals surface area contributed by atoms with Crippen LogP contribution in [0.5, 0.6) is 0 Å². The lowest BCUT2D eigenvalue weighted by Crippen LogP contribution is -2.41. The number of carboxylic acid groups (broad SMARTS) is 1. The molecule has 0 aromatic heterocycles. The molecule has 1 heterocycles. The Labute approximate surface area is 117 Å². The van der Waals surface area contributed by atoms with Crippen LogP contribution in [0.2, 0.25) is 0 Å². The maximum absolute atomic E-state index is 11.7. The van der Waals surface area contributed by atoms with Crippen LogP contribution < -0.4 is 0 Å². The Hall–Kier alpha value is -2.30. The van der Waals surface area contributed by atoms with Gasteiger partial charge in [-0.2, -0.15) is 0 Å². The van der Waals surface area contributed by atoms with Crippen molar-refractivity contribution in [1.82, 2.24) is 4.90 Å². The van der Waals surface area contributed by atoms with Crippen molar-refractivity contribution in [2.24, 2.45) is 0 Å². The zero-order chi connectivity index (χ0) is 14.5. The van der Waals surface area contributed by atoms with Gasteiger partial charge in [-0.3, -0.25) is 9.69 Å². The van der Waals surface area contributed by atoms with Gasteiger partial charge in [-0.15, -0.1) is 0 Å². The summed E-state index contributed by atoms with van der Waals surface area (Å²) in [6.07, 6.45) is 3.03. The molecule has 1 aliphatic rings. The predicted molar refractivity (Wildman–Crippen MR) is 73.5 cm³/mol. The number of allylic oxidation sites excluding steroid dienone is 1. The number of nitrogens with zero attached hydrogens (tertiary/aromatic N) is 1. The van der Waals surface area contributed by atoms with E-state index in [1.54, 1.807) is 43.3 Å². The highest BCUT2D eigenvalue weighted by atomic mass is 16.6. The number of rotatable bonds is 5. The minimum atomic E-state index is -0.959. The average Bonchev–Trinajstić information content (AvgIpc) is 2.85. The summed E-state index contributed by atoms with van der Waals surface area (Å²) in [6.45, 7) is 2.51. The molecule has 2 atom stereocenters. The van der Waals surface area contributed by atoms with Crippen molar-refractivity contribution in [2.45, 2.75) is 18.9 Å². The highest BCUT2D eigenvalue weighted by molar-refractivity contribution is 5.79. The number of carboxylic acids is 1. The van der Waals surface area contributed by atoms with Crippen molar-refractivity contribution in [3.63, 3.8) is 0 Å². The molecule has 5 heteroatoms. The van der Waals surface area contributed by atoms with Crippen LogP contribution in [0.25, 0.3) is 0 Å². The first-order chi connectivity index (χ1) is 9.65. The zero-order valence-electron chi connectivity index (χ0n) is 11.2. The standard InChI is InChI=1S/C15H17NO4/c1-2-6-12(16-9-10-20-15(16)19)13(14(17)18)11-7-4-3-5-8-11/h2-8,12-13H,9-10H2,1H3,(H,17,18)/b6-2+/t12-,13-/m1/s1. The van der Waals surface area contributed by atoms with Crippen molar-refractivity contribution in [3.8, 4) is 0 Å². The van der Waals surface area contributed by atoms with Crippen LogP contribution in [0.1, 0.15) is 18.4 Å². The van der Waals surface area contributed by atoms with E-state index in [9.17, 15) is 14.7 Å². The smallest absolute Gasteiger partial charge is 0.410 e. The minimum Gasteiger partial charge on any atom is -0.481 e. The van der Waals surface area contributed by atoms with Gasteiger partial charge in [0.25, 0.3) is 0 Å². The van der Waals surface area contributed by atoms with Crippen molar-refractivity contribution in [1.29, 1.82) is 0 Å². The molecule has 5 nitrogen and oxygen atoms in total. The van der Waals surface area contributed by atoms with Gasteiger partial charge in [-0.1, -0.05) is 42.5 Å². The van der Waals surface area contributed by atoms with Crippen LogP contribution in [0, 0.1) is 0 Å². The van der Waals surface area contributed by atoms with Gasteiger partial charge in [0, 0.05) is 0 Å². The summed E-state index contributed by atoms with van der Waals surface area (Å²) in [5.41, 5.74) is 0.669. The molecule has 0 spiro atoms. The topological polar surface area (TPSA) is 66.8 Å². The molecule has 2 rings (SSSR count). The van der Waals surface area contributed by atoms with Gasteiger partial charge in [-0.25, -0.2) is 4.79 Å². The van der Waals surface area contributed by atoms with E-state index in [0.717, 1.165) is 0 Å². The fourth-order valence-corrected chi connectivity index (χ4v) is 2.41. The van der Waals surface area contributed by atoms with Crippen molar-refractivity contribution in [2.75, 3.05) is 13.2 Å². The quantitative estimate of drug-likeness (QED) is 0.837. The fraction of sp³-hybridized carbons (Fsp3) is 0.333. The summed E-state index contributed by atoms with van der Waals surface area (Å²) >= 11 is 0. The van der Waals surface area contributed by atoms with Gasteiger partial charge < -0.3 is 9.84 Å². The van der Waals surface area contributed by atoms with Gasteiger partial charge >= 0.3 is 12.1 Å². The number of hydrogen-bond acceptors (Lipinski definition) is 3. The summed E-state index contributed by atoms with van der Waals surface area (Å²) in [5.74, 6) is -1.77. The first kappa shape index (κ1) is 14.1. The van der Waals surface area contributed by atoms with E-state index < -0.39 is 24.0 Å². The lowest BCUT2D eigenvalue weighted by molar-refractivity contribution is -0.139. The van der Waals surface area contributed by atoms with Gasteiger partial charge in [0.15, 0.2) is 0 Å². The number of cyclic esters (lactones) is 1. The highest BCUT2D eigenvalue weighted by Crippen LogP contribution is 2.27. The Bertz CT molecular complexity index is 512. The highest BCUT2D eigenvalue weighted by Gasteiger charge is 2.37. The van der Waals surface area contributed by atoms with Crippen molar-refractivity contribution in [3.05, 3.63) is 48.0 Å². The van der Waals surface area contributed by atoms with Crippen LogP contribution in [-0.4, -0.2) is 41.3 Å². The Balaban J connectivity index is 2.38. The van der Waals surface area contributed by atoms with Crippen LogP contribution in [0.4, 0.5) is 4.79 Å². The largest absolute Gasteiger partial charge is 0.481 e. The van der Waals surface area contributed by atoms with Crippen molar-refractivity contribution >= 4 is 12.1 Å². The molecular weight excluding hydrogens is 258 g/mol. The molecule has 1 aromatic carbocycles. The van der Waals surface area contributed by atoms with Crippen LogP contribution in [-0.2, 0) is 9.53 Å². The molecule has 1 aliphatic heterocycles. The molecule has 0 saturated carbocycles. The van der Waals surface area contributed by atoms with Crippen LogP contribution >= 0.6 is 0 Å². The van der Waals surface area contributed by atoms with Crippen LogP contribution in [0.3, 0.4) is 0 Å². The Kier molecular flexibility index (Phi) is 4.40. The zero-order valence-corrected chi connectivity index (χ0v) is 11.2. The number of benzene rings is 1. The molecule has 1 amide bonds. The van der Waals surface area contributed by atoms with E-state index in [4.69, 9.17) is 4.74 Å². The monoisotopic (exact) mass is 275 g/mol. The molecule has 20 heavy (non-hydrogen) atoms. The van der Waals surface area contributed by atoms with Gasteiger partial charge in [-0.05, 0) is 12.5 Å². The van der Waals surface area contributed by atoms with E-state index in [2.05, 4.69) is 0 Å². The summed E-state index contributed by atoms with van der Waals surface area (Å²) in [6, 6.07) is 8.39. The maximum atomic E-state index is 11.7. The number of ether oxygens (including phenoxy) is 1. The maximum Gasteiger partial charge on any atom is 0.410 e. The molecule has 0 aliphatic carbocycles. The second-order valence-electron chi connectivity index (χ2n) is 4.55. The number of carbonyl (C=O) groups is 2. The van der Waals surface area contributed by atoms with Gasteiger partial charge in [0.2, 0.25) is 0 Å². The predicted octanol–water partition coefficient (Wildman–Crippen LogP) is 2.25. The molecular formula is C15H17NO4. The third-order valence-corrected chi connectivity index (χ3v) is 3.31. The third kappa shape index (κ3) is 2.82. The van der Waals surface area contributed by atoms with Crippen LogP contribution in [0.15, 0.2) is 42.5 Å². The molecule has 0 radical (unpaired) electrons. The average molecular weight is 275 g/mol. The SMILES string of the molecule is C/C=C/[C@H]([C@H](C(=O)O)c1ccccc1)N1CCOC1=O. The first-order valence-corrected chi connectivity index (χ1v) is 6.49. The number of hydrogen-bond donors (Lipinski definition) is 1. The Morgan fingerprint density at radius 3 is 2.60 bits per heavy atom. The second kappa shape index (κ2) is 6.23. The molecule has 1 N–H and O–H groups in total. The summed E-state index contributed by atoms with van der Waals surface area (Å²) in [7, 11) is 0. The second-order valence-corrected chi connectivity index (χ2v) is 4.55. The molecule has 1 saturated heterocycles. The lowest BCUT2D eigenvalue weighted by atomic mass is 9.90. The summed E-state index contributed by atoms with van der Waals surface area (Å²) in [5, 5.41) is 9.56. The minimum absolute atomic E-state index is 0.300. The summed E-state index contributed by atoms with van der Waals surface area (Å²) in [4.78, 5) is 24.9. The molecule has 0 unspecified atom stereocenters. The Morgan fingerprint density at radius 2 is 2.10 bits per heavy atom.